The number of rotatable bonds is 6. The summed E-state index contributed by atoms with van der Waals surface area (Å²) >= 11 is 0. The van der Waals surface area contributed by atoms with E-state index in [-0.39, 0.29) is 12.2 Å². The molecule has 0 atom stereocenters. The Morgan fingerprint density at radius 3 is 2.17 bits per heavy atom. The first-order chi connectivity index (χ1) is 14.0. The van der Waals surface area contributed by atoms with Gasteiger partial charge in [0.15, 0.2) is 11.1 Å². The summed E-state index contributed by atoms with van der Waals surface area (Å²) < 4.78 is 4.77. The van der Waals surface area contributed by atoms with Crippen LogP contribution in [0.3, 0.4) is 0 Å². The molecule has 1 saturated heterocycles. The van der Waals surface area contributed by atoms with Crippen LogP contribution in [-0.4, -0.2) is 29.5 Å². The van der Waals surface area contributed by atoms with E-state index in [1.54, 1.807) is 73.7 Å². The van der Waals surface area contributed by atoms with Crippen molar-refractivity contribution in [3.05, 3.63) is 83.6 Å². The molecule has 1 aliphatic heterocycles. The number of esters is 1. The standard InChI is InChI=1S/C21H18N4O4/c1-2-29-18(26)15(13-22)14-23-25-19(27)21(24-20(25)28,16-9-5-3-6-10-16)17-11-7-4-8-12-17/h3-12,14,23H,2H2,1H3,(H,24,28)/b15-14+. The molecule has 29 heavy (non-hydrogen) atoms. The van der Waals surface area contributed by atoms with Crippen molar-refractivity contribution in [3.8, 4) is 6.07 Å². The van der Waals surface area contributed by atoms with E-state index < -0.39 is 23.4 Å². The molecule has 1 fully saturated rings. The highest BCUT2D eigenvalue weighted by atomic mass is 16.5. The zero-order valence-electron chi connectivity index (χ0n) is 15.6. The molecule has 0 radical (unpaired) electrons. The normalized spacial score (nSPS) is 15.4. The first kappa shape index (κ1) is 19.6. The van der Waals surface area contributed by atoms with Crippen LogP contribution in [0, 0.1) is 11.3 Å². The third-order valence-electron chi connectivity index (χ3n) is 4.39. The second-order valence-corrected chi connectivity index (χ2v) is 6.07. The molecule has 8 nitrogen and oxygen atoms in total. The zero-order valence-corrected chi connectivity index (χ0v) is 15.6. The maximum Gasteiger partial charge on any atom is 0.350 e. The van der Waals surface area contributed by atoms with Crippen LogP contribution in [0.5, 0.6) is 0 Å². The summed E-state index contributed by atoms with van der Waals surface area (Å²) in [5, 5.41) is 12.6. The molecule has 1 heterocycles. The molecule has 2 aromatic rings. The van der Waals surface area contributed by atoms with Gasteiger partial charge in [0.2, 0.25) is 0 Å². The van der Waals surface area contributed by atoms with Crippen LogP contribution < -0.4 is 10.7 Å². The molecule has 3 rings (SSSR count). The van der Waals surface area contributed by atoms with Crippen LogP contribution in [0.2, 0.25) is 0 Å². The van der Waals surface area contributed by atoms with Crippen molar-refractivity contribution < 1.29 is 19.1 Å². The van der Waals surface area contributed by atoms with Crippen LogP contribution in [0.25, 0.3) is 0 Å². The van der Waals surface area contributed by atoms with Crippen molar-refractivity contribution in [2.45, 2.75) is 12.5 Å². The van der Waals surface area contributed by atoms with E-state index in [0.29, 0.717) is 11.1 Å². The molecule has 0 aliphatic carbocycles. The second-order valence-electron chi connectivity index (χ2n) is 6.07. The lowest BCUT2D eigenvalue weighted by Crippen LogP contribution is -2.46. The Kier molecular flexibility index (Phi) is 5.60. The number of carbonyl (C=O) groups excluding carboxylic acids is 3. The lowest BCUT2D eigenvalue weighted by atomic mass is 9.83. The van der Waals surface area contributed by atoms with E-state index in [1.807, 2.05) is 0 Å². The highest BCUT2D eigenvalue weighted by Crippen LogP contribution is 2.35. The van der Waals surface area contributed by atoms with Crippen molar-refractivity contribution >= 4 is 17.9 Å². The first-order valence-electron chi connectivity index (χ1n) is 8.86. The molecule has 2 N–H and O–H groups in total. The third kappa shape index (κ3) is 3.53. The molecule has 3 amide bonds. The van der Waals surface area contributed by atoms with Crippen molar-refractivity contribution in [1.82, 2.24) is 15.8 Å². The Morgan fingerprint density at radius 2 is 1.69 bits per heavy atom. The van der Waals surface area contributed by atoms with Gasteiger partial charge in [0, 0.05) is 6.20 Å². The van der Waals surface area contributed by atoms with Gasteiger partial charge in [-0.25, -0.2) is 9.59 Å². The van der Waals surface area contributed by atoms with E-state index in [9.17, 15) is 14.4 Å². The number of hydrogen-bond acceptors (Lipinski definition) is 6. The maximum absolute atomic E-state index is 13.4. The molecule has 1 aliphatic rings. The topological polar surface area (TPSA) is 112 Å². The van der Waals surface area contributed by atoms with Gasteiger partial charge in [-0.3, -0.25) is 10.2 Å². The Balaban J connectivity index is 2.00. The van der Waals surface area contributed by atoms with E-state index in [1.165, 1.54) is 0 Å². The SMILES string of the molecule is CCOC(=O)/C(C#N)=C/NN1C(=O)NC(c2ccccc2)(c2ccccc2)C1=O. The van der Waals surface area contributed by atoms with Gasteiger partial charge in [-0.15, -0.1) is 0 Å². The summed E-state index contributed by atoms with van der Waals surface area (Å²) in [6, 6.07) is 18.6. The van der Waals surface area contributed by atoms with E-state index in [2.05, 4.69) is 10.7 Å². The molecular formula is C21H18N4O4. The highest BCUT2D eigenvalue weighted by molar-refractivity contribution is 6.09. The number of urea groups is 1. The molecule has 0 spiro atoms. The molecule has 0 saturated carbocycles. The van der Waals surface area contributed by atoms with E-state index >= 15 is 0 Å². The summed E-state index contributed by atoms with van der Waals surface area (Å²) in [4.78, 5) is 37.8. The molecule has 0 aromatic heterocycles. The van der Waals surface area contributed by atoms with Gasteiger partial charge in [0.1, 0.15) is 6.07 Å². The number of imide groups is 1. The monoisotopic (exact) mass is 390 g/mol. The summed E-state index contributed by atoms with van der Waals surface area (Å²) in [5.41, 5.74) is 1.78. The van der Waals surface area contributed by atoms with Crippen LogP contribution in [-0.2, 0) is 19.9 Å². The maximum atomic E-state index is 13.4. The van der Waals surface area contributed by atoms with Gasteiger partial charge in [0.05, 0.1) is 6.61 Å². The van der Waals surface area contributed by atoms with Crippen LogP contribution in [0.4, 0.5) is 4.79 Å². The van der Waals surface area contributed by atoms with Crippen molar-refractivity contribution in [2.75, 3.05) is 6.61 Å². The van der Waals surface area contributed by atoms with Gasteiger partial charge in [0.25, 0.3) is 5.91 Å². The summed E-state index contributed by atoms with van der Waals surface area (Å²) in [7, 11) is 0. The molecule has 0 unspecified atom stereocenters. The summed E-state index contributed by atoms with van der Waals surface area (Å²) in [5.74, 6) is -1.45. The quantitative estimate of drug-likeness (QED) is 0.338. The molecular weight excluding hydrogens is 372 g/mol. The lowest BCUT2D eigenvalue weighted by molar-refractivity contribution is -0.138. The molecule has 8 heteroatoms. The number of carbonyl (C=O) groups is 3. The van der Waals surface area contributed by atoms with Crippen LogP contribution >= 0.6 is 0 Å². The smallest absolute Gasteiger partial charge is 0.350 e. The fourth-order valence-electron chi connectivity index (χ4n) is 3.06. The number of hydrazine groups is 1. The summed E-state index contributed by atoms with van der Waals surface area (Å²) in [6.45, 7) is 1.69. The Morgan fingerprint density at radius 1 is 1.14 bits per heavy atom. The second kappa shape index (κ2) is 8.27. The third-order valence-corrected chi connectivity index (χ3v) is 4.39. The fourth-order valence-corrected chi connectivity index (χ4v) is 3.06. The number of ether oxygens (including phenoxy) is 1. The van der Waals surface area contributed by atoms with Gasteiger partial charge in [-0.05, 0) is 18.1 Å². The molecule has 0 bridgehead atoms. The minimum Gasteiger partial charge on any atom is -0.462 e. The molecule has 2 aromatic carbocycles. The van der Waals surface area contributed by atoms with Gasteiger partial charge in [-0.1, -0.05) is 60.7 Å². The number of nitrogens with one attached hydrogen (secondary N) is 2. The Bertz CT molecular complexity index is 957. The lowest BCUT2D eigenvalue weighted by Gasteiger charge is -2.27. The van der Waals surface area contributed by atoms with Crippen molar-refractivity contribution in [2.24, 2.45) is 0 Å². The molecule has 146 valence electrons. The number of nitriles is 1. The van der Waals surface area contributed by atoms with E-state index in [4.69, 9.17) is 10.00 Å². The van der Waals surface area contributed by atoms with Gasteiger partial charge in [-0.2, -0.15) is 10.3 Å². The van der Waals surface area contributed by atoms with Gasteiger partial charge < -0.3 is 10.1 Å². The number of hydrogen-bond donors (Lipinski definition) is 2. The zero-order chi connectivity index (χ0) is 20.9. The average Bonchev–Trinajstić information content (AvgIpc) is 3.01. The van der Waals surface area contributed by atoms with Crippen molar-refractivity contribution in [1.29, 1.82) is 5.26 Å². The predicted octanol–water partition coefficient (Wildman–Crippen LogP) is 1.96. The van der Waals surface area contributed by atoms with Crippen LogP contribution in [0.1, 0.15) is 18.1 Å². The predicted molar refractivity (Wildman–Crippen MR) is 103 cm³/mol. The van der Waals surface area contributed by atoms with Crippen molar-refractivity contribution in [3.63, 3.8) is 0 Å². The van der Waals surface area contributed by atoms with Gasteiger partial charge >= 0.3 is 12.0 Å². The van der Waals surface area contributed by atoms with E-state index in [0.717, 1.165) is 11.2 Å². The average molecular weight is 390 g/mol. The summed E-state index contributed by atoms with van der Waals surface area (Å²) in [6.07, 6.45) is 0.974. The largest absolute Gasteiger partial charge is 0.462 e. The number of benzene rings is 2. The fraction of sp³-hybridized carbons (Fsp3) is 0.143. The Hall–Kier alpha value is -4.12. The number of amides is 3. The number of nitrogens with zero attached hydrogens (tertiary/aromatic N) is 2. The first-order valence-corrected chi connectivity index (χ1v) is 8.86. The highest BCUT2D eigenvalue weighted by Gasteiger charge is 2.54. The minimum atomic E-state index is -1.45. The Labute approximate surface area is 167 Å². The minimum absolute atomic E-state index is 0.0894. The van der Waals surface area contributed by atoms with Crippen LogP contribution in [0.15, 0.2) is 72.4 Å².